The van der Waals surface area contributed by atoms with Crippen molar-refractivity contribution < 1.29 is 19.4 Å². The Bertz CT molecular complexity index is 1340. The molecule has 1 amide bonds. The Morgan fingerprint density at radius 1 is 0.909 bits per heavy atom. The van der Waals surface area contributed by atoms with Gasteiger partial charge in [-0.2, -0.15) is 0 Å². The predicted octanol–water partition coefficient (Wildman–Crippen LogP) is 6.70. The van der Waals surface area contributed by atoms with Crippen LogP contribution in [0.5, 0.6) is 5.75 Å². The van der Waals surface area contributed by atoms with Crippen molar-refractivity contribution in [2.45, 2.75) is 6.54 Å². The molecule has 33 heavy (non-hydrogen) atoms. The van der Waals surface area contributed by atoms with E-state index in [0.717, 1.165) is 5.56 Å². The minimum absolute atomic E-state index is 0.0245. The molecular weight excluding hydrogens is 461 g/mol. The number of aromatic carboxylic acids is 1. The number of nitrogens with zero attached hydrogens (tertiary/aromatic N) is 1. The lowest BCUT2D eigenvalue weighted by Crippen LogP contribution is -2.31. The van der Waals surface area contributed by atoms with Gasteiger partial charge in [0.25, 0.3) is 5.91 Å². The fourth-order valence-electron chi connectivity index (χ4n) is 3.66. The minimum Gasteiger partial charge on any atom is -0.497 e. The number of hydrogen-bond donors (Lipinski definition) is 1. The van der Waals surface area contributed by atoms with Crippen LogP contribution in [0.25, 0.3) is 10.8 Å². The van der Waals surface area contributed by atoms with Crippen LogP contribution < -0.4 is 9.64 Å². The maximum absolute atomic E-state index is 13.7. The average Bonchev–Trinajstić information content (AvgIpc) is 2.82. The molecule has 0 radical (unpaired) electrons. The number of rotatable bonds is 6. The first-order valence-corrected chi connectivity index (χ1v) is 10.8. The zero-order chi connectivity index (χ0) is 23.5. The van der Waals surface area contributed by atoms with Crippen molar-refractivity contribution in [3.8, 4) is 5.75 Å². The minimum atomic E-state index is -1.12. The van der Waals surface area contributed by atoms with Gasteiger partial charge >= 0.3 is 5.97 Å². The second-order valence-electron chi connectivity index (χ2n) is 7.39. The van der Waals surface area contributed by atoms with Crippen LogP contribution in [0.2, 0.25) is 10.0 Å². The van der Waals surface area contributed by atoms with Gasteiger partial charge in [0.05, 0.1) is 29.9 Å². The van der Waals surface area contributed by atoms with Gasteiger partial charge in [0, 0.05) is 16.0 Å². The summed E-state index contributed by atoms with van der Waals surface area (Å²) in [5.41, 5.74) is 1.71. The maximum Gasteiger partial charge on any atom is 0.335 e. The number of fused-ring (bicyclic) bond motifs is 1. The fourth-order valence-corrected chi connectivity index (χ4v) is 4.27. The van der Waals surface area contributed by atoms with Crippen LogP contribution in [0.1, 0.15) is 26.3 Å². The molecule has 4 rings (SSSR count). The number of ether oxygens (including phenoxy) is 1. The molecule has 0 unspecified atom stereocenters. The Kier molecular flexibility index (Phi) is 6.54. The molecule has 1 N–H and O–H groups in total. The van der Waals surface area contributed by atoms with Crippen molar-refractivity contribution in [2.24, 2.45) is 0 Å². The van der Waals surface area contributed by atoms with E-state index in [0.29, 0.717) is 37.8 Å². The van der Waals surface area contributed by atoms with E-state index in [2.05, 4.69) is 0 Å². The molecule has 0 aromatic heterocycles. The first-order chi connectivity index (χ1) is 15.9. The highest BCUT2D eigenvalue weighted by Gasteiger charge is 2.23. The lowest BCUT2D eigenvalue weighted by atomic mass is 10.0. The number of hydrogen-bond acceptors (Lipinski definition) is 3. The van der Waals surface area contributed by atoms with Crippen molar-refractivity contribution in [1.29, 1.82) is 0 Å². The number of anilines is 1. The number of benzene rings is 4. The molecule has 0 atom stereocenters. The second-order valence-corrected chi connectivity index (χ2v) is 8.24. The van der Waals surface area contributed by atoms with Crippen molar-refractivity contribution in [3.63, 3.8) is 0 Å². The van der Waals surface area contributed by atoms with E-state index in [1.807, 2.05) is 18.2 Å². The number of halogens is 2. The molecule has 0 saturated carbocycles. The van der Waals surface area contributed by atoms with E-state index in [1.165, 1.54) is 17.0 Å². The summed E-state index contributed by atoms with van der Waals surface area (Å²) in [7, 11) is 1.58. The van der Waals surface area contributed by atoms with E-state index >= 15 is 0 Å². The van der Waals surface area contributed by atoms with E-state index in [9.17, 15) is 14.7 Å². The molecule has 7 heteroatoms. The summed E-state index contributed by atoms with van der Waals surface area (Å²) < 4.78 is 5.23. The lowest BCUT2D eigenvalue weighted by molar-refractivity contribution is 0.0696. The molecule has 5 nitrogen and oxygen atoms in total. The van der Waals surface area contributed by atoms with Crippen LogP contribution in [0.3, 0.4) is 0 Å². The molecule has 0 spiro atoms. The number of carboxylic acids is 1. The molecule has 166 valence electrons. The molecule has 0 aliphatic heterocycles. The van der Waals surface area contributed by atoms with Crippen LogP contribution in [-0.4, -0.2) is 24.1 Å². The smallest absolute Gasteiger partial charge is 0.335 e. The third-order valence-electron chi connectivity index (χ3n) is 5.25. The van der Waals surface area contributed by atoms with Crippen molar-refractivity contribution in [2.75, 3.05) is 12.0 Å². The van der Waals surface area contributed by atoms with Gasteiger partial charge in [-0.25, -0.2) is 4.79 Å². The quantitative estimate of drug-likeness (QED) is 0.334. The van der Waals surface area contributed by atoms with Crippen molar-refractivity contribution in [3.05, 3.63) is 106 Å². The van der Waals surface area contributed by atoms with Gasteiger partial charge in [0.15, 0.2) is 0 Å². The van der Waals surface area contributed by atoms with Crippen molar-refractivity contribution >= 4 is 51.5 Å². The Morgan fingerprint density at radius 2 is 1.61 bits per heavy atom. The Labute approximate surface area is 200 Å². The summed E-state index contributed by atoms with van der Waals surface area (Å²) in [6.07, 6.45) is 0. The number of methoxy groups -OCH3 is 1. The fraction of sp³-hybridized carbons (Fsp3) is 0.0769. The number of amides is 1. The normalized spacial score (nSPS) is 10.8. The number of carbonyl (C=O) groups is 2. The Balaban J connectivity index is 1.94. The maximum atomic E-state index is 13.7. The van der Waals surface area contributed by atoms with Gasteiger partial charge in [-0.15, -0.1) is 0 Å². The van der Waals surface area contributed by atoms with Gasteiger partial charge < -0.3 is 14.7 Å². The summed E-state index contributed by atoms with van der Waals surface area (Å²) in [5.74, 6) is -0.720. The summed E-state index contributed by atoms with van der Waals surface area (Å²) >= 11 is 12.7. The Morgan fingerprint density at radius 3 is 2.24 bits per heavy atom. The average molecular weight is 480 g/mol. The number of carboxylic acid groups (broad SMARTS) is 1. The molecule has 0 saturated heterocycles. The second kappa shape index (κ2) is 9.53. The molecule has 0 fully saturated rings. The monoisotopic (exact) mass is 479 g/mol. The standard InChI is InChI=1S/C26H19Cl2NO4/c1-33-21-9-7-16(8-10-21)15-29(25(30)17-5-3-2-4-6-17)23-13-19(26(31)32)11-18-12-20(27)14-22(28)24(18)23/h2-14H,15H2,1H3,(H,31,32). The zero-order valence-electron chi connectivity index (χ0n) is 17.6. The highest BCUT2D eigenvalue weighted by Crippen LogP contribution is 2.38. The van der Waals surface area contributed by atoms with E-state index < -0.39 is 5.97 Å². The largest absolute Gasteiger partial charge is 0.497 e. The summed E-state index contributed by atoms with van der Waals surface area (Å²) in [5, 5.41) is 11.5. The van der Waals surface area contributed by atoms with Gasteiger partial charge in [-0.3, -0.25) is 4.79 Å². The van der Waals surface area contributed by atoms with Gasteiger partial charge in [0.1, 0.15) is 5.75 Å². The Hall–Kier alpha value is -3.54. The molecular formula is C26H19Cl2NO4. The summed E-state index contributed by atoms with van der Waals surface area (Å²) in [4.78, 5) is 27.1. The van der Waals surface area contributed by atoms with E-state index in [-0.39, 0.29) is 18.0 Å². The van der Waals surface area contributed by atoms with Gasteiger partial charge in [-0.05, 0) is 59.5 Å². The third-order valence-corrected chi connectivity index (χ3v) is 5.76. The molecule has 0 bridgehead atoms. The number of carbonyl (C=O) groups excluding carboxylic acids is 1. The summed E-state index contributed by atoms with van der Waals surface area (Å²) in [6.45, 7) is 0.189. The predicted molar refractivity (Wildman–Crippen MR) is 131 cm³/mol. The van der Waals surface area contributed by atoms with Gasteiger partial charge in [0.2, 0.25) is 0 Å². The van der Waals surface area contributed by atoms with Crippen LogP contribution in [0.15, 0.2) is 78.9 Å². The van der Waals surface area contributed by atoms with Crippen LogP contribution in [0, 0.1) is 0 Å². The highest BCUT2D eigenvalue weighted by atomic mass is 35.5. The first kappa shape index (κ1) is 22.6. The SMILES string of the molecule is COc1ccc(CN(C(=O)c2ccccc2)c2cc(C(=O)O)cc3cc(Cl)cc(Cl)c23)cc1. The molecule has 0 aliphatic rings. The highest BCUT2D eigenvalue weighted by molar-refractivity contribution is 6.40. The van der Waals surface area contributed by atoms with Gasteiger partial charge in [-0.1, -0.05) is 53.5 Å². The van der Waals surface area contributed by atoms with E-state index in [4.69, 9.17) is 27.9 Å². The topological polar surface area (TPSA) is 66.8 Å². The van der Waals surface area contributed by atoms with Crippen LogP contribution in [-0.2, 0) is 6.54 Å². The summed E-state index contributed by atoms with van der Waals surface area (Å²) in [6, 6.07) is 22.3. The van der Waals surface area contributed by atoms with Crippen LogP contribution >= 0.6 is 23.2 Å². The zero-order valence-corrected chi connectivity index (χ0v) is 19.1. The third kappa shape index (κ3) is 4.80. The molecule has 0 aliphatic carbocycles. The lowest BCUT2D eigenvalue weighted by Gasteiger charge is -2.26. The van der Waals surface area contributed by atoms with Crippen molar-refractivity contribution in [1.82, 2.24) is 0 Å². The molecule has 4 aromatic carbocycles. The van der Waals surface area contributed by atoms with Crippen LogP contribution in [0.4, 0.5) is 5.69 Å². The first-order valence-electron chi connectivity index (χ1n) is 10.0. The molecule has 4 aromatic rings. The van der Waals surface area contributed by atoms with E-state index in [1.54, 1.807) is 55.6 Å². The molecule has 0 heterocycles.